The molecule has 0 aliphatic heterocycles. The minimum absolute atomic E-state index is 0.751. The third-order valence-corrected chi connectivity index (χ3v) is 5.00. The molecular weight excluding hydrogens is 226 g/mol. The van der Waals surface area contributed by atoms with Crippen LogP contribution in [0, 0.1) is 11.8 Å². The van der Waals surface area contributed by atoms with Crippen molar-refractivity contribution < 1.29 is 0 Å². The van der Waals surface area contributed by atoms with Crippen molar-refractivity contribution >= 4 is 11.8 Å². The Balaban J connectivity index is 1.64. The van der Waals surface area contributed by atoms with Gasteiger partial charge < -0.3 is 5.32 Å². The quantitative estimate of drug-likeness (QED) is 0.629. The lowest BCUT2D eigenvalue weighted by atomic mass is 9.98. The predicted molar refractivity (Wildman–Crippen MR) is 76.5 cm³/mol. The van der Waals surface area contributed by atoms with Crippen LogP contribution in [0.15, 0.2) is 35.2 Å². The van der Waals surface area contributed by atoms with Crippen LogP contribution in [0.1, 0.15) is 26.7 Å². The molecule has 1 saturated carbocycles. The van der Waals surface area contributed by atoms with Crippen molar-refractivity contribution in [2.75, 3.05) is 12.3 Å². The molecule has 0 spiro atoms. The van der Waals surface area contributed by atoms with E-state index >= 15 is 0 Å². The fourth-order valence-corrected chi connectivity index (χ4v) is 3.39. The normalized spacial score (nSPS) is 28.5. The Morgan fingerprint density at radius 2 is 1.94 bits per heavy atom. The Morgan fingerprint density at radius 3 is 2.59 bits per heavy atom. The van der Waals surface area contributed by atoms with Gasteiger partial charge in [0.25, 0.3) is 0 Å². The molecule has 3 atom stereocenters. The van der Waals surface area contributed by atoms with E-state index in [4.69, 9.17) is 0 Å². The van der Waals surface area contributed by atoms with Crippen molar-refractivity contribution in [1.29, 1.82) is 0 Å². The minimum Gasteiger partial charge on any atom is -0.313 e. The summed E-state index contributed by atoms with van der Waals surface area (Å²) in [5, 5.41) is 3.71. The molecular formula is C15H23NS. The van der Waals surface area contributed by atoms with E-state index in [-0.39, 0.29) is 0 Å². The van der Waals surface area contributed by atoms with Crippen LogP contribution >= 0.6 is 11.8 Å². The molecule has 94 valence electrons. The zero-order valence-electron chi connectivity index (χ0n) is 10.9. The molecule has 0 bridgehead atoms. The number of nitrogens with one attached hydrogen (secondary N) is 1. The fraction of sp³-hybridized carbons (Fsp3) is 0.600. The zero-order valence-corrected chi connectivity index (χ0v) is 11.7. The first-order valence-corrected chi connectivity index (χ1v) is 7.67. The van der Waals surface area contributed by atoms with Gasteiger partial charge in [0, 0.05) is 23.2 Å². The first kappa shape index (κ1) is 13.0. The monoisotopic (exact) mass is 249 g/mol. The largest absolute Gasteiger partial charge is 0.313 e. The molecule has 1 aromatic carbocycles. The summed E-state index contributed by atoms with van der Waals surface area (Å²) >= 11 is 1.94. The summed E-state index contributed by atoms with van der Waals surface area (Å²) in [7, 11) is 0. The van der Waals surface area contributed by atoms with Crippen LogP contribution in [0.2, 0.25) is 0 Å². The fourth-order valence-electron chi connectivity index (χ4n) is 2.58. The second-order valence-corrected chi connectivity index (χ2v) is 6.30. The van der Waals surface area contributed by atoms with E-state index in [0.29, 0.717) is 0 Å². The molecule has 1 N–H and O–H groups in total. The SMILES string of the molecule is CC1CCC(NCCSc2ccccc2)C1C. The Kier molecular flexibility index (Phi) is 4.93. The van der Waals surface area contributed by atoms with E-state index in [1.807, 2.05) is 11.8 Å². The van der Waals surface area contributed by atoms with Gasteiger partial charge in [-0.3, -0.25) is 0 Å². The molecule has 0 saturated heterocycles. The van der Waals surface area contributed by atoms with Crippen LogP contribution in [-0.4, -0.2) is 18.3 Å². The molecule has 0 aromatic heterocycles. The maximum atomic E-state index is 3.71. The number of rotatable bonds is 5. The minimum atomic E-state index is 0.751. The van der Waals surface area contributed by atoms with Crippen molar-refractivity contribution in [1.82, 2.24) is 5.32 Å². The number of hydrogen-bond acceptors (Lipinski definition) is 2. The molecule has 2 heteroatoms. The van der Waals surface area contributed by atoms with E-state index < -0.39 is 0 Å². The van der Waals surface area contributed by atoms with Crippen LogP contribution in [0.25, 0.3) is 0 Å². The predicted octanol–water partition coefficient (Wildman–Crippen LogP) is 3.80. The smallest absolute Gasteiger partial charge is 0.0106 e. The van der Waals surface area contributed by atoms with Gasteiger partial charge in [0.2, 0.25) is 0 Å². The van der Waals surface area contributed by atoms with Crippen molar-refractivity contribution in [3.8, 4) is 0 Å². The first-order chi connectivity index (χ1) is 8.27. The van der Waals surface area contributed by atoms with E-state index in [0.717, 1.165) is 24.4 Å². The van der Waals surface area contributed by atoms with Gasteiger partial charge in [0.1, 0.15) is 0 Å². The second-order valence-electron chi connectivity index (χ2n) is 5.14. The third-order valence-electron chi connectivity index (χ3n) is 3.99. The lowest BCUT2D eigenvalue weighted by Crippen LogP contribution is -2.33. The van der Waals surface area contributed by atoms with Crippen molar-refractivity contribution in [3.63, 3.8) is 0 Å². The van der Waals surface area contributed by atoms with Crippen LogP contribution in [-0.2, 0) is 0 Å². The highest BCUT2D eigenvalue weighted by molar-refractivity contribution is 7.99. The first-order valence-electron chi connectivity index (χ1n) is 6.68. The average Bonchev–Trinajstić information content (AvgIpc) is 2.67. The van der Waals surface area contributed by atoms with E-state index in [2.05, 4.69) is 49.5 Å². The van der Waals surface area contributed by atoms with Gasteiger partial charge in [0.05, 0.1) is 0 Å². The van der Waals surface area contributed by atoms with Gasteiger partial charge in [-0.15, -0.1) is 11.8 Å². The Hall–Kier alpha value is -0.470. The molecule has 3 unspecified atom stereocenters. The maximum Gasteiger partial charge on any atom is 0.0106 e. The molecule has 2 rings (SSSR count). The highest BCUT2D eigenvalue weighted by Crippen LogP contribution is 2.31. The van der Waals surface area contributed by atoms with Crippen LogP contribution < -0.4 is 5.32 Å². The topological polar surface area (TPSA) is 12.0 Å². The third kappa shape index (κ3) is 3.75. The average molecular weight is 249 g/mol. The molecule has 0 heterocycles. The summed E-state index contributed by atoms with van der Waals surface area (Å²) in [6.07, 6.45) is 2.75. The van der Waals surface area contributed by atoms with Gasteiger partial charge in [0.15, 0.2) is 0 Å². The van der Waals surface area contributed by atoms with E-state index in [9.17, 15) is 0 Å². The molecule has 1 fully saturated rings. The summed E-state index contributed by atoms with van der Waals surface area (Å²) in [6.45, 7) is 5.89. The van der Waals surface area contributed by atoms with Gasteiger partial charge >= 0.3 is 0 Å². The van der Waals surface area contributed by atoms with Crippen LogP contribution in [0.4, 0.5) is 0 Å². The maximum absolute atomic E-state index is 3.71. The summed E-state index contributed by atoms with van der Waals surface area (Å²) < 4.78 is 0. The molecule has 0 radical (unpaired) electrons. The van der Waals surface area contributed by atoms with Gasteiger partial charge in [-0.2, -0.15) is 0 Å². The Morgan fingerprint density at radius 1 is 1.18 bits per heavy atom. The summed E-state index contributed by atoms with van der Waals surface area (Å²) in [6, 6.07) is 11.4. The number of thioether (sulfide) groups is 1. The molecule has 1 aromatic rings. The van der Waals surface area contributed by atoms with Gasteiger partial charge in [-0.05, 0) is 36.8 Å². The van der Waals surface area contributed by atoms with Gasteiger partial charge in [-0.25, -0.2) is 0 Å². The molecule has 1 nitrogen and oxygen atoms in total. The summed E-state index contributed by atoms with van der Waals surface area (Å²) in [4.78, 5) is 1.38. The summed E-state index contributed by atoms with van der Waals surface area (Å²) in [5.74, 6) is 2.91. The van der Waals surface area contributed by atoms with E-state index in [1.165, 1.54) is 23.5 Å². The van der Waals surface area contributed by atoms with Crippen LogP contribution in [0.3, 0.4) is 0 Å². The molecule has 1 aliphatic rings. The zero-order chi connectivity index (χ0) is 12.1. The molecule has 1 aliphatic carbocycles. The standard InChI is InChI=1S/C15H23NS/c1-12-8-9-15(13(12)2)16-10-11-17-14-6-4-3-5-7-14/h3-7,12-13,15-16H,8-11H2,1-2H3. The van der Waals surface area contributed by atoms with Crippen molar-refractivity contribution in [2.45, 2.75) is 37.6 Å². The number of benzene rings is 1. The summed E-state index contributed by atoms with van der Waals surface area (Å²) in [5.41, 5.74) is 0. The Bertz CT molecular complexity index is 325. The van der Waals surface area contributed by atoms with E-state index in [1.54, 1.807) is 0 Å². The molecule has 0 amide bonds. The lowest BCUT2D eigenvalue weighted by Gasteiger charge is -2.19. The van der Waals surface area contributed by atoms with Crippen molar-refractivity contribution in [2.24, 2.45) is 11.8 Å². The second kappa shape index (κ2) is 6.46. The highest BCUT2D eigenvalue weighted by atomic mass is 32.2. The van der Waals surface area contributed by atoms with Crippen LogP contribution in [0.5, 0.6) is 0 Å². The molecule has 17 heavy (non-hydrogen) atoms. The van der Waals surface area contributed by atoms with Gasteiger partial charge in [-0.1, -0.05) is 32.0 Å². The number of hydrogen-bond donors (Lipinski definition) is 1. The lowest BCUT2D eigenvalue weighted by molar-refractivity contribution is 0.377. The van der Waals surface area contributed by atoms with Crippen molar-refractivity contribution in [3.05, 3.63) is 30.3 Å². The Labute approximate surface area is 109 Å². The highest BCUT2D eigenvalue weighted by Gasteiger charge is 2.28.